The Labute approximate surface area is 141 Å². The summed E-state index contributed by atoms with van der Waals surface area (Å²) >= 11 is 0. The fourth-order valence-corrected chi connectivity index (χ4v) is 3.58. The first kappa shape index (κ1) is 14.9. The van der Waals surface area contributed by atoms with Gasteiger partial charge in [-0.3, -0.25) is 0 Å². The van der Waals surface area contributed by atoms with Gasteiger partial charge < -0.3 is 19.5 Å². The van der Waals surface area contributed by atoms with Crippen LogP contribution in [0, 0.1) is 11.3 Å². The minimum Gasteiger partial charge on any atom is -0.378 e. The summed E-state index contributed by atoms with van der Waals surface area (Å²) < 4.78 is 5.54. The lowest BCUT2D eigenvalue weighted by atomic mass is 9.97. The molecule has 0 unspecified atom stereocenters. The number of nitrogens with one attached hydrogen (secondary N) is 1. The van der Waals surface area contributed by atoms with E-state index >= 15 is 0 Å². The van der Waals surface area contributed by atoms with Crippen LogP contribution in [0.3, 0.4) is 0 Å². The van der Waals surface area contributed by atoms with Gasteiger partial charge in [0.05, 0.1) is 42.8 Å². The first-order valence-corrected chi connectivity index (χ1v) is 8.23. The Bertz CT molecular complexity index is 824. The molecular weight excluding hydrogens is 300 g/mol. The number of aromatic amines is 1. The Kier molecular flexibility index (Phi) is 3.75. The Morgan fingerprint density at radius 2 is 2.00 bits per heavy atom. The number of ether oxygens (including phenoxy) is 1. The van der Waals surface area contributed by atoms with Gasteiger partial charge >= 0.3 is 0 Å². The van der Waals surface area contributed by atoms with E-state index in [0.29, 0.717) is 5.56 Å². The number of benzene rings is 1. The van der Waals surface area contributed by atoms with E-state index in [0.717, 1.165) is 38.4 Å². The zero-order chi connectivity index (χ0) is 16.5. The number of morpholine rings is 1. The van der Waals surface area contributed by atoms with E-state index in [1.165, 1.54) is 22.7 Å². The van der Waals surface area contributed by atoms with Crippen molar-refractivity contribution in [2.45, 2.75) is 6.54 Å². The minimum atomic E-state index is 0.689. The van der Waals surface area contributed by atoms with Gasteiger partial charge in [-0.25, -0.2) is 0 Å². The molecule has 122 valence electrons. The van der Waals surface area contributed by atoms with Gasteiger partial charge in [0, 0.05) is 43.2 Å². The average Bonchev–Trinajstić information content (AvgIpc) is 3.09. The summed E-state index contributed by atoms with van der Waals surface area (Å²) in [7, 11) is 2.11. The Morgan fingerprint density at radius 3 is 2.79 bits per heavy atom. The van der Waals surface area contributed by atoms with E-state index in [1.807, 2.05) is 24.4 Å². The van der Waals surface area contributed by atoms with E-state index < -0.39 is 0 Å². The van der Waals surface area contributed by atoms with Crippen LogP contribution in [0.1, 0.15) is 22.4 Å². The molecule has 4 rings (SSSR count). The summed E-state index contributed by atoms with van der Waals surface area (Å²) in [6.07, 6.45) is 2.01. The normalized spacial score (nSPS) is 17.7. The van der Waals surface area contributed by atoms with E-state index in [-0.39, 0.29) is 0 Å². The highest BCUT2D eigenvalue weighted by atomic mass is 16.5. The van der Waals surface area contributed by atoms with Crippen molar-refractivity contribution in [3.05, 3.63) is 58.9 Å². The predicted molar refractivity (Wildman–Crippen MR) is 92.6 cm³/mol. The standard InChI is InChI=1S/C19H20N4O/c1-22-13-17-16(5-6-21-17)19(23-7-9-24-10-8-23)18(22)15-4-2-3-14(11-15)12-20/h2-6,11,21H,7-10,13H2,1H3. The third-order valence-corrected chi connectivity index (χ3v) is 4.68. The zero-order valence-corrected chi connectivity index (χ0v) is 13.7. The number of hydrogen-bond acceptors (Lipinski definition) is 4. The van der Waals surface area contributed by atoms with Gasteiger partial charge in [0.1, 0.15) is 0 Å². The topological polar surface area (TPSA) is 55.3 Å². The van der Waals surface area contributed by atoms with Gasteiger partial charge in [0.15, 0.2) is 0 Å². The van der Waals surface area contributed by atoms with E-state index in [9.17, 15) is 5.26 Å². The van der Waals surface area contributed by atoms with Crippen molar-refractivity contribution in [2.75, 3.05) is 33.4 Å². The fraction of sp³-hybridized carbons (Fsp3) is 0.316. The molecule has 24 heavy (non-hydrogen) atoms. The van der Waals surface area contributed by atoms with Crippen LogP contribution < -0.4 is 0 Å². The van der Waals surface area contributed by atoms with Crippen molar-refractivity contribution in [3.63, 3.8) is 0 Å². The second kappa shape index (κ2) is 6.06. The molecule has 0 bridgehead atoms. The summed E-state index contributed by atoms with van der Waals surface area (Å²) in [4.78, 5) is 8.03. The SMILES string of the molecule is CN1Cc2[nH]ccc2C(N2CCOCC2)=C1c1cccc(C#N)c1. The minimum absolute atomic E-state index is 0.689. The number of aromatic nitrogens is 1. The molecule has 0 saturated carbocycles. The molecule has 1 N–H and O–H groups in total. The highest BCUT2D eigenvalue weighted by Gasteiger charge is 2.29. The number of rotatable bonds is 2. The smallest absolute Gasteiger partial charge is 0.0991 e. The maximum Gasteiger partial charge on any atom is 0.0991 e. The van der Waals surface area contributed by atoms with Crippen LogP contribution in [0.2, 0.25) is 0 Å². The van der Waals surface area contributed by atoms with Crippen molar-refractivity contribution in [2.24, 2.45) is 0 Å². The van der Waals surface area contributed by atoms with Gasteiger partial charge in [0.25, 0.3) is 0 Å². The van der Waals surface area contributed by atoms with E-state index in [2.05, 4.69) is 40.0 Å². The average molecular weight is 320 g/mol. The number of fused-ring (bicyclic) bond motifs is 1. The van der Waals surface area contributed by atoms with Crippen LogP contribution in [-0.2, 0) is 11.3 Å². The van der Waals surface area contributed by atoms with Crippen molar-refractivity contribution in [1.29, 1.82) is 5.26 Å². The summed E-state index contributed by atoms with van der Waals surface area (Å²) in [5.74, 6) is 0. The molecule has 2 aliphatic heterocycles. The van der Waals surface area contributed by atoms with Gasteiger partial charge in [-0.05, 0) is 18.2 Å². The molecule has 0 atom stereocenters. The molecule has 1 saturated heterocycles. The van der Waals surface area contributed by atoms with Crippen molar-refractivity contribution < 1.29 is 4.74 Å². The highest BCUT2D eigenvalue weighted by Crippen LogP contribution is 2.38. The first-order chi connectivity index (χ1) is 11.8. The number of nitrogens with zero attached hydrogens (tertiary/aromatic N) is 3. The van der Waals surface area contributed by atoms with Crippen molar-refractivity contribution in [3.8, 4) is 6.07 Å². The molecule has 0 amide bonds. The van der Waals surface area contributed by atoms with Crippen LogP contribution in [0.25, 0.3) is 11.4 Å². The van der Waals surface area contributed by atoms with Gasteiger partial charge in [-0.1, -0.05) is 12.1 Å². The maximum atomic E-state index is 9.25. The Hall–Kier alpha value is -2.71. The molecule has 1 fully saturated rings. The van der Waals surface area contributed by atoms with Crippen LogP contribution in [-0.4, -0.2) is 48.1 Å². The maximum absolute atomic E-state index is 9.25. The second-order valence-electron chi connectivity index (χ2n) is 6.22. The van der Waals surface area contributed by atoms with Gasteiger partial charge in [-0.15, -0.1) is 0 Å². The number of hydrogen-bond donors (Lipinski definition) is 1. The van der Waals surface area contributed by atoms with Crippen LogP contribution in [0.4, 0.5) is 0 Å². The summed E-state index contributed by atoms with van der Waals surface area (Å²) in [6, 6.07) is 12.3. The number of nitriles is 1. The van der Waals surface area contributed by atoms with Crippen LogP contribution in [0.15, 0.2) is 36.5 Å². The molecule has 0 spiro atoms. The molecule has 2 aliphatic rings. The van der Waals surface area contributed by atoms with Gasteiger partial charge in [-0.2, -0.15) is 5.26 Å². The first-order valence-electron chi connectivity index (χ1n) is 8.23. The van der Waals surface area contributed by atoms with Crippen LogP contribution >= 0.6 is 0 Å². The molecule has 3 heterocycles. The van der Waals surface area contributed by atoms with E-state index in [1.54, 1.807) is 0 Å². The van der Waals surface area contributed by atoms with Crippen LogP contribution in [0.5, 0.6) is 0 Å². The Balaban J connectivity index is 1.91. The molecule has 1 aromatic carbocycles. The molecule has 5 heteroatoms. The molecular formula is C19H20N4O. The summed E-state index contributed by atoms with van der Waals surface area (Å²) in [5, 5.41) is 9.25. The summed E-state index contributed by atoms with van der Waals surface area (Å²) in [5.41, 5.74) is 6.69. The monoisotopic (exact) mass is 320 g/mol. The lowest BCUT2D eigenvalue weighted by molar-refractivity contribution is 0.0636. The number of H-pyrrole nitrogens is 1. The van der Waals surface area contributed by atoms with Crippen molar-refractivity contribution in [1.82, 2.24) is 14.8 Å². The Morgan fingerprint density at radius 1 is 1.17 bits per heavy atom. The summed E-state index contributed by atoms with van der Waals surface area (Å²) in [6.45, 7) is 4.10. The third kappa shape index (κ3) is 2.45. The van der Waals surface area contributed by atoms with Gasteiger partial charge in [0.2, 0.25) is 0 Å². The molecule has 0 radical (unpaired) electrons. The largest absolute Gasteiger partial charge is 0.378 e. The van der Waals surface area contributed by atoms with E-state index in [4.69, 9.17) is 4.74 Å². The fourth-order valence-electron chi connectivity index (χ4n) is 3.58. The second-order valence-corrected chi connectivity index (χ2v) is 6.22. The van der Waals surface area contributed by atoms with Crippen molar-refractivity contribution >= 4 is 11.4 Å². The quantitative estimate of drug-likeness (QED) is 0.924. The molecule has 1 aromatic heterocycles. The third-order valence-electron chi connectivity index (χ3n) is 4.68. The molecule has 0 aliphatic carbocycles. The zero-order valence-electron chi connectivity index (χ0n) is 13.7. The lowest BCUT2D eigenvalue weighted by Crippen LogP contribution is -2.38. The molecule has 5 nitrogen and oxygen atoms in total. The lowest BCUT2D eigenvalue weighted by Gasteiger charge is -2.38. The highest BCUT2D eigenvalue weighted by molar-refractivity contribution is 5.91. The molecule has 2 aromatic rings. The predicted octanol–water partition coefficient (Wildman–Crippen LogP) is 2.49.